The molecule has 0 heterocycles. The van der Waals surface area contributed by atoms with Crippen molar-refractivity contribution in [3.63, 3.8) is 0 Å². The van der Waals surface area contributed by atoms with Crippen molar-refractivity contribution in [2.75, 3.05) is 13.2 Å². The lowest BCUT2D eigenvalue weighted by molar-refractivity contribution is -0.157. The summed E-state index contributed by atoms with van der Waals surface area (Å²) in [4.78, 5) is 52.9. The monoisotopic (exact) mass is 618 g/mol. The predicted molar refractivity (Wildman–Crippen MR) is 172 cm³/mol. The number of aliphatic hydroxyl groups excluding tert-OH is 1. The lowest BCUT2D eigenvalue weighted by atomic mass is 9.95. The summed E-state index contributed by atoms with van der Waals surface area (Å²) in [7, 11) is 0. The van der Waals surface area contributed by atoms with E-state index in [0.717, 1.165) is 24.0 Å². The van der Waals surface area contributed by atoms with E-state index in [1.54, 1.807) is 18.2 Å². The van der Waals surface area contributed by atoms with Crippen molar-refractivity contribution in [2.45, 2.75) is 76.0 Å². The Balaban J connectivity index is 1.71. The highest BCUT2D eigenvalue weighted by molar-refractivity contribution is 5.89. The molecule has 2 aromatic rings. The number of amides is 2. The first-order chi connectivity index (χ1) is 21.8. The molecule has 2 amide bonds. The molecule has 0 aliphatic heterocycles. The molecule has 2 aromatic carbocycles. The maximum Gasteiger partial charge on any atom is 0.332 e. The van der Waals surface area contributed by atoms with E-state index in [0.29, 0.717) is 32.1 Å². The molecule has 0 spiro atoms. The topological polar surface area (TPSA) is 131 Å². The van der Waals surface area contributed by atoms with Crippen LogP contribution in [0.25, 0.3) is 0 Å². The second-order valence-electron chi connectivity index (χ2n) is 11.7. The molecule has 45 heavy (non-hydrogen) atoms. The fourth-order valence-electron chi connectivity index (χ4n) is 5.52. The molecule has 3 N–H and O–H groups in total. The Morgan fingerprint density at radius 3 is 2.11 bits per heavy atom. The summed E-state index contributed by atoms with van der Waals surface area (Å²) in [6.45, 7) is 6.84. The minimum Gasteiger partial charge on any atom is -0.463 e. The van der Waals surface area contributed by atoms with E-state index in [2.05, 4.69) is 23.8 Å². The number of aliphatic hydroxyl groups is 1. The number of carbonyl (C=O) groups is 4. The van der Waals surface area contributed by atoms with Gasteiger partial charge in [0.25, 0.3) is 0 Å². The summed E-state index contributed by atoms with van der Waals surface area (Å²) in [6, 6.07) is 17.4. The second kappa shape index (κ2) is 18.5. The number of esters is 2. The molecular weight excluding hydrogens is 572 g/mol. The molecule has 1 aliphatic carbocycles. The highest BCUT2D eigenvalue weighted by atomic mass is 16.6. The van der Waals surface area contributed by atoms with Gasteiger partial charge in [-0.1, -0.05) is 85.7 Å². The quantitative estimate of drug-likeness (QED) is 0.155. The molecule has 9 heteroatoms. The summed E-state index contributed by atoms with van der Waals surface area (Å²) in [5.74, 6) is -3.51. The van der Waals surface area contributed by atoms with E-state index in [9.17, 15) is 24.3 Å². The summed E-state index contributed by atoms with van der Waals surface area (Å²) >= 11 is 0. The van der Waals surface area contributed by atoms with E-state index < -0.39 is 47.9 Å². The van der Waals surface area contributed by atoms with Crippen molar-refractivity contribution >= 4 is 23.8 Å². The Morgan fingerprint density at radius 1 is 0.867 bits per heavy atom. The van der Waals surface area contributed by atoms with Gasteiger partial charge in [0.1, 0.15) is 13.2 Å². The Kier molecular flexibility index (Phi) is 14.5. The standard InChI is InChI=1S/C36H46N2O7/c1-3-5-19-30(22-27-15-8-6-9-16-27)34(42)45-25-31(35(43)44-24-28-17-10-7-11-18-28)37-33(41)29(14-4-2)23-32(40)38-36(26-39)20-12-13-21-36/h3-4,6-11,15-18,29-31,39H,1-2,5,12-14,19-26H2,(H,37,41)(H,38,40)/t29-,30+,31+/m0/s1. The van der Waals surface area contributed by atoms with Gasteiger partial charge in [0.05, 0.1) is 24.0 Å². The van der Waals surface area contributed by atoms with Gasteiger partial charge in [0.15, 0.2) is 6.04 Å². The Morgan fingerprint density at radius 2 is 1.51 bits per heavy atom. The Hall–Kier alpha value is -4.24. The third-order valence-electron chi connectivity index (χ3n) is 8.12. The van der Waals surface area contributed by atoms with Crippen LogP contribution in [-0.4, -0.2) is 53.7 Å². The Labute approximate surface area is 266 Å². The molecular formula is C36H46N2O7. The fraction of sp³-hybridized carbons (Fsp3) is 0.444. The van der Waals surface area contributed by atoms with Crippen LogP contribution >= 0.6 is 0 Å². The third kappa shape index (κ3) is 11.6. The van der Waals surface area contributed by atoms with Gasteiger partial charge in [0.2, 0.25) is 11.8 Å². The number of allylic oxidation sites excluding steroid dienone is 2. The van der Waals surface area contributed by atoms with Crippen LogP contribution in [0.3, 0.4) is 0 Å². The van der Waals surface area contributed by atoms with Gasteiger partial charge in [-0.3, -0.25) is 14.4 Å². The van der Waals surface area contributed by atoms with Crippen LogP contribution in [0.2, 0.25) is 0 Å². The number of hydrogen-bond acceptors (Lipinski definition) is 7. The molecule has 0 saturated heterocycles. The van der Waals surface area contributed by atoms with E-state index >= 15 is 0 Å². The summed E-state index contributed by atoms with van der Waals surface area (Å²) in [5, 5.41) is 15.5. The van der Waals surface area contributed by atoms with Crippen molar-refractivity contribution in [1.82, 2.24) is 10.6 Å². The van der Waals surface area contributed by atoms with Gasteiger partial charge >= 0.3 is 11.9 Å². The summed E-state index contributed by atoms with van der Waals surface area (Å²) in [5.41, 5.74) is 1.06. The van der Waals surface area contributed by atoms with Crippen LogP contribution in [0.4, 0.5) is 0 Å². The minimum absolute atomic E-state index is 0.0301. The highest BCUT2D eigenvalue weighted by Crippen LogP contribution is 2.29. The molecule has 3 atom stereocenters. The SMILES string of the molecule is C=CCC[C@H](Cc1ccccc1)C(=O)OC[C@@H](NC(=O)[C@@H](CC=C)CC(=O)NC1(CO)CCCC1)C(=O)OCc1ccccc1. The van der Waals surface area contributed by atoms with Crippen molar-refractivity contribution in [2.24, 2.45) is 11.8 Å². The third-order valence-corrected chi connectivity index (χ3v) is 8.12. The molecule has 1 saturated carbocycles. The van der Waals surface area contributed by atoms with Crippen molar-refractivity contribution < 1.29 is 33.8 Å². The predicted octanol–water partition coefficient (Wildman–Crippen LogP) is 4.59. The summed E-state index contributed by atoms with van der Waals surface area (Å²) in [6.07, 6.45) is 8.02. The maximum absolute atomic E-state index is 13.5. The van der Waals surface area contributed by atoms with Gasteiger partial charge in [-0.2, -0.15) is 0 Å². The van der Waals surface area contributed by atoms with Gasteiger partial charge < -0.3 is 25.2 Å². The zero-order valence-electron chi connectivity index (χ0n) is 26.0. The first kappa shape index (κ1) is 35.2. The highest BCUT2D eigenvalue weighted by Gasteiger charge is 2.36. The maximum atomic E-state index is 13.5. The molecule has 3 rings (SSSR count). The smallest absolute Gasteiger partial charge is 0.332 e. The average molecular weight is 619 g/mol. The van der Waals surface area contributed by atoms with E-state index in [-0.39, 0.29) is 32.0 Å². The van der Waals surface area contributed by atoms with Crippen LogP contribution < -0.4 is 10.6 Å². The minimum atomic E-state index is -1.30. The molecule has 242 valence electrons. The van der Waals surface area contributed by atoms with Crippen molar-refractivity contribution in [3.05, 3.63) is 97.1 Å². The fourth-order valence-corrected chi connectivity index (χ4v) is 5.52. The van der Waals surface area contributed by atoms with E-state index in [1.165, 1.54) is 6.08 Å². The number of rotatable bonds is 19. The van der Waals surface area contributed by atoms with Crippen LogP contribution in [-0.2, 0) is 41.7 Å². The zero-order chi connectivity index (χ0) is 32.5. The van der Waals surface area contributed by atoms with Crippen LogP contribution in [0.1, 0.15) is 62.5 Å². The van der Waals surface area contributed by atoms with Crippen LogP contribution in [0.5, 0.6) is 0 Å². The molecule has 9 nitrogen and oxygen atoms in total. The number of carbonyl (C=O) groups excluding carboxylic acids is 4. The molecule has 1 fully saturated rings. The van der Waals surface area contributed by atoms with E-state index in [4.69, 9.17) is 9.47 Å². The Bertz CT molecular complexity index is 1260. The second-order valence-corrected chi connectivity index (χ2v) is 11.7. The van der Waals surface area contributed by atoms with Gasteiger partial charge in [-0.15, -0.1) is 13.2 Å². The first-order valence-electron chi connectivity index (χ1n) is 15.6. The largest absolute Gasteiger partial charge is 0.463 e. The molecule has 0 unspecified atom stereocenters. The first-order valence-corrected chi connectivity index (χ1v) is 15.6. The molecule has 0 radical (unpaired) electrons. The van der Waals surface area contributed by atoms with Gasteiger partial charge in [-0.25, -0.2) is 4.79 Å². The summed E-state index contributed by atoms with van der Waals surface area (Å²) < 4.78 is 11.1. The molecule has 0 bridgehead atoms. The normalized spacial score (nSPS) is 15.6. The molecule has 1 aliphatic rings. The van der Waals surface area contributed by atoms with Crippen LogP contribution in [0, 0.1) is 11.8 Å². The van der Waals surface area contributed by atoms with Crippen molar-refractivity contribution in [3.8, 4) is 0 Å². The lowest BCUT2D eigenvalue weighted by Gasteiger charge is -2.29. The average Bonchev–Trinajstić information content (AvgIpc) is 3.52. The van der Waals surface area contributed by atoms with Crippen molar-refractivity contribution in [1.29, 1.82) is 0 Å². The number of benzene rings is 2. The van der Waals surface area contributed by atoms with E-state index in [1.807, 2.05) is 48.5 Å². The zero-order valence-corrected chi connectivity index (χ0v) is 26.0. The van der Waals surface area contributed by atoms with Gasteiger partial charge in [0, 0.05) is 6.42 Å². The number of ether oxygens (including phenoxy) is 2. The van der Waals surface area contributed by atoms with Crippen LogP contribution in [0.15, 0.2) is 86.0 Å². The number of nitrogens with one attached hydrogen (secondary N) is 2. The molecule has 0 aromatic heterocycles. The number of hydrogen-bond donors (Lipinski definition) is 3. The van der Waals surface area contributed by atoms with Gasteiger partial charge in [-0.05, 0) is 49.7 Å². The lowest BCUT2D eigenvalue weighted by Crippen LogP contribution is -2.51.